The highest BCUT2D eigenvalue weighted by molar-refractivity contribution is 5.87. The van der Waals surface area contributed by atoms with E-state index < -0.39 is 0 Å². The van der Waals surface area contributed by atoms with Crippen LogP contribution in [0, 0.1) is 0 Å². The van der Waals surface area contributed by atoms with E-state index in [9.17, 15) is 9.59 Å². The molecule has 2 aliphatic heterocycles. The molecular weight excluding hydrogens is 222 g/mol. The summed E-state index contributed by atoms with van der Waals surface area (Å²) in [4.78, 5) is 26.9. The normalized spacial score (nSPS) is 27.8. The Balaban J connectivity index is 1.88. The molecule has 0 radical (unpaired) electrons. The Labute approximate surface area is 101 Å². The van der Waals surface area contributed by atoms with Crippen LogP contribution < -0.4 is 5.32 Å². The molecule has 2 heterocycles. The summed E-state index contributed by atoms with van der Waals surface area (Å²) in [6, 6.07) is 0. The SMILES string of the molecule is CN1CCOC(CN2CCC(=O)NCC2=O)C1. The summed E-state index contributed by atoms with van der Waals surface area (Å²) in [5.41, 5.74) is 0. The van der Waals surface area contributed by atoms with E-state index in [1.807, 2.05) is 7.05 Å². The van der Waals surface area contributed by atoms with E-state index in [4.69, 9.17) is 4.74 Å². The van der Waals surface area contributed by atoms with Crippen molar-refractivity contribution in [2.24, 2.45) is 0 Å². The van der Waals surface area contributed by atoms with Gasteiger partial charge in [-0.1, -0.05) is 0 Å². The van der Waals surface area contributed by atoms with Crippen molar-refractivity contribution in [2.45, 2.75) is 12.5 Å². The van der Waals surface area contributed by atoms with Crippen LogP contribution in [0.1, 0.15) is 6.42 Å². The lowest BCUT2D eigenvalue weighted by Crippen LogP contribution is -2.48. The topological polar surface area (TPSA) is 61.9 Å². The Bertz CT molecular complexity index is 308. The zero-order valence-corrected chi connectivity index (χ0v) is 10.1. The van der Waals surface area contributed by atoms with Crippen molar-refractivity contribution in [1.82, 2.24) is 15.1 Å². The minimum Gasteiger partial charge on any atom is -0.374 e. The standard InChI is InChI=1S/C11H19N3O3/c1-13-4-5-17-9(7-13)8-14-3-2-10(15)12-6-11(14)16/h9H,2-8H2,1H3,(H,12,15). The van der Waals surface area contributed by atoms with Gasteiger partial charge >= 0.3 is 0 Å². The average Bonchev–Trinajstić information content (AvgIpc) is 2.45. The van der Waals surface area contributed by atoms with Gasteiger partial charge in [0.25, 0.3) is 0 Å². The summed E-state index contributed by atoms with van der Waals surface area (Å²) in [5.74, 6) is -0.0739. The van der Waals surface area contributed by atoms with Gasteiger partial charge in [0.1, 0.15) is 0 Å². The van der Waals surface area contributed by atoms with E-state index in [0.717, 1.165) is 13.1 Å². The Morgan fingerprint density at radius 2 is 2.24 bits per heavy atom. The first-order valence-electron chi connectivity index (χ1n) is 6.00. The number of rotatable bonds is 2. The van der Waals surface area contributed by atoms with Crippen LogP contribution in [0.15, 0.2) is 0 Å². The highest BCUT2D eigenvalue weighted by Gasteiger charge is 2.25. The van der Waals surface area contributed by atoms with Crippen LogP contribution in [0.5, 0.6) is 0 Å². The van der Waals surface area contributed by atoms with Crippen LogP contribution in [0.4, 0.5) is 0 Å². The second kappa shape index (κ2) is 5.46. The summed E-state index contributed by atoms with van der Waals surface area (Å²) < 4.78 is 5.63. The van der Waals surface area contributed by atoms with Crippen LogP contribution in [-0.4, -0.2) is 74.1 Å². The van der Waals surface area contributed by atoms with Gasteiger partial charge in [-0.25, -0.2) is 0 Å². The Morgan fingerprint density at radius 3 is 3.00 bits per heavy atom. The van der Waals surface area contributed by atoms with Gasteiger partial charge in [-0.15, -0.1) is 0 Å². The minimum absolute atomic E-state index is 0.0207. The van der Waals surface area contributed by atoms with Crippen molar-refractivity contribution in [2.75, 3.05) is 46.4 Å². The number of likely N-dealkylation sites (N-methyl/N-ethyl adjacent to an activating group) is 1. The molecule has 2 rings (SSSR count). The molecule has 2 aliphatic rings. The number of ether oxygens (including phenoxy) is 1. The van der Waals surface area contributed by atoms with Gasteiger partial charge in [-0.3, -0.25) is 9.59 Å². The summed E-state index contributed by atoms with van der Waals surface area (Å²) in [6.45, 7) is 3.67. The molecule has 6 heteroatoms. The van der Waals surface area contributed by atoms with Crippen molar-refractivity contribution in [3.63, 3.8) is 0 Å². The monoisotopic (exact) mass is 241 g/mol. The molecule has 6 nitrogen and oxygen atoms in total. The maximum Gasteiger partial charge on any atom is 0.242 e. The summed E-state index contributed by atoms with van der Waals surface area (Å²) in [5, 5.41) is 2.59. The maximum atomic E-state index is 11.8. The predicted octanol–water partition coefficient (Wildman–Crippen LogP) is -1.33. The van der Waals surface area contributed by atoms with E-state index in [-0.39, 0.29) is 24.5 Å². The van der Waals surface area contributed by atoms with E-state index >= 15 is 0 Å². The molecule has 1 atom stereocenters. The summed E-state index contributed by atoms with van der Waals surface area (Å²) in [7, 11) is 2.05. The number of nitrogens with one attached hydrogen (secondary N) is 1. The van der Waals surface area contributed by atoms with E-state index in [1.54, 1.807) is 4.90 Å². The second-order valence-corrected chi connectivity index (χ2v) is 4.62. The molecule has 0 spiro atoms. The second-order valence-electron chi connectivity index (χ2n) is 4.62. The number of amides is 2. The lowest BCUT2D eigenvalue weighted by molar-refractivity contribution is -0.133. The van der Waals surface area contributed by atoms with Gasteiger partial charge in [0.2, 0.25) is 11.8 Å². The van der Waals surface area contributed by atoms with Crippen molar-refractivity contribution in [1.29, 1.82) is 0 Å². The molecule has 2 amide bonds. The Kier molecular flexibility index (Phi) is 3.96. The fourth-order valence-corrected chi connectivity index (χ4v) is 2.15. The van der Waals surface area contributed by atoms with E-state index in [1.165, 1.54) is 0 Å². The van der Waals surface area contributed by atoms with Crippen molar-refractivity contribution >= 4 is 11.8 Å². The van der Waals surface area contributed by atoms with Gasteiger partial charge < -0.3 is 19.9 Å². The smallest absolute Gasteiger partial charge is 0.242 e. The molecule has 2 fully saturated rings. The third kappa shape index (κ3) is 3.41. The molecular formula is C11H19N3O3. The van der Waals surface area contributed by atoms with Crippen molar-refractivity contribution < 1.29 is 14.3 Å². The maximum absolute atomic E-state index is 11.8. The van der Waals surface area contributed by atoms with Crippen LogP contribution in [-0.2, 0) is 14.3 Å². The number of nitrogens with zero attached hydrogens (tertiary/aromatic N) is 2. The summed E-state index contributed by atoms with van der Waals surface area (Å²) in [6.07, 6.45) is 0.444. The third-order valence-corrected chi connectivity index (χ3v) is 3.16. The number of carbonyl (C=O) groups is 2. The first-order valence-corrected chi connectivity index (χ1v) is 6.00. The molecule has 0 aromatic carbocycles. The molecule has 17 heavy (non-hydrogen) atoms. The number of morpholine rings is 1. The van der Waals surface area contributed by atoms with Gasteiger partial charge in [-0.05, 0) is 7.05 Å². The van der Waals surface area contributed by atoms with Crippen LogP contribution in [0.2, 0.25) is 0 Å². The van der Waals surface area contributed by atoms with Crippen LogP contribution in [0.3, 0.4) is 0 Å². The molecule has 0 aromatic rings. The Morgan fingerprint density at radius 1 is 1.41 bits per heavy atom. The van der Waals surface area contributed by atoms with E-state index in [2.05, 4.69) is 10.2 Å². The number of hydrogen-bond acceptors (Lipinski definition) is 4. The molecule has 0 aliphatic carbocycles. The Hall–Kier alpha value is -1.14. The highest BCUT2D eigenvalue weighted by Crippen LogP contribution is 2.07. The van der Waals surface area contributed by atoms with Crippen molar-refractivity contribution in [3.05, 3.63) is 0 Å². The number of hydrogen-bond donors (Lipinski definition) is 1. The highest BCUT2D eigenvalue weighted by atomic mass is 16.5. The lowest BCUT2D eigenvalue weighted by atomic mass is 10.2. The van der Waals surface area contributed by atoms with Gasteiger partial charge in [0.05, 0.1) is 19.3 Å². The third-order valence-electron chi connectivity index (χ3n) is 3.16. The van der Waals surface area contributed by atoms with Crippen LogP contribution >= 0.6 is 0 Å². The average molecular weight is 241 g/mol. The molecule has 0 aromatic heterocycles. The largest absolute Gasteiger partial charge is 0.374 e. The molecule has 0 saturated carbocycles. The van der Waals surface area contributed by atoms with Gasteiger partial charge in [0, 0.05) is 32.6 Å². The zero-order chi connectivity index (χ0) is 12.3. The summed E-state index contributed by atoms with van der Waals surface area (Å²) >= 11 is 0. The minimum atomic E-state index is -0.0532. The molecule has 2 saturated heterocycles. The van der Waals surface area contributed by atoms with Crippen LogP contribution in [0.25, 0.3) is 0 Å². The fraction of sp³-hybridized carbons (Fsp3) is 0.818. The molecule has 96 valence electrons. The molecule has 1 N–H and O–H groups in total. The first-order chi connectivity index (χ1) is 8.15. The van der Waals surface area contributed by atoms with Gasteiger partial charge in [-0.2, -0.15) is 0 Å². The van der Waals surface area contributed by atoms with Crippen molar-refractivity contribution in [3.8, 4) is 0 Å². The van der Waals surface area contributed by atoms with Gasteiger partial charge in [0.15, 0.2) is 0 Å². The quantitative estimate of drug-likeness (QED) is 0.650. The van der Waals surface area contributed by atoms with E-state index in [0.29, 0.717) is 26.1 Å². The molecule has 1 unspecified atom stereocenters. The fourth-order valence-electron chi connectivity index (χ4n) is 2.15. The molecule has 0 bridgehead atoms. The zero-order valence-electron chi connectivity index (χ0n) is 10.1. The lowest BCUT2D eigenvalue weighted by Gasteiger charge is -2.33. The first kappa shape index (κ1) is 12.3. The predicted molar refractivity (Wildman–Crippen MR) is 61.4 cm³/mol. The number of carbonyl (C=O) groups excluding carboxylic acids is 2.